The van der Waals surface area contributed by atoms with Crippen LogP contribution in [0, 0.1) is 0 Å². The molecule has 1 aliphatic heterocycles. The molecule has 0 bridgehead atoms. The number of hydrogen-bond acceptors (Lipinski definition) is 4. The normalized spacial score (nSPS) is 15.0. The van der Waals surface area contributed by atoms with Crippen molar-refractivity contribution >= 4 is 28.2 Å². The van der Waals surface area contributed by atoms with Gasteiger partial charge in [-0.1, -0.05) is 42.5 Å². The van der Waals surface area contributed by atoms with Gasteiger partial charge in [0.2, 0.25) is 0 Å². The minimum atomic E-state index is -0.0287. The van der Waals surface area contributed by atoms with E-state index >= 15 is 0 Å². The summed E-state index contributed by atoms with van der Waals surface area (Å²) in [6.07, 6.45) is 3.72. The summed E-state index contributed by atoms with van der Waals surface area (Å²) in [4.78, 5) is 15.5. The molecule has 0 spiro atoms. The molecule has 6 nitrogen and oxygen atoms in total. The second kappa shape index (κ2) is 9.24. The summed E-state index contributed by atoms with van der Waals surface area (Å²) in [6, 6.07) is 24.4. The average Bonchev–Trinajstić information content (AvgIpc) is 3.29. The third-order valence-electron chi connectivity index (χ3n) is 6.06. The average molecular weight is 426 g/mol. The van der Waals surface area contributed by atoms with Gasteiger partial charge in [-0.05, 0) is 48.7 Å². The van der Waals surface area contributed by atoms with Gasteiger partial charge in [0.05, 0.1) is 23.0 Å². The van der Waals surface area contributed by atoms with Crippen LogP contribution < -0.4 is 10.6 Å². The van der Waals surface area contributed by atoms with E-state index in [1.54, 1.807) is 6.20 Å². The van der Waals surface area contributed by atoms with Gasteiger partial charge in [0.1, 0.15) is 0 Å². The minimum absolute atomic E-state index is 0.0287. The zero-order chi connectivity index (χ0) is 21.8. The molecule has 1 saturated heterocycles. The number of para-hydroxylation sites is 1. The summed E-state index contributed by atoms with van der Waals surface area (Å²) in [5.41, 5.74) is 4.71. The molecule has 6 heteroatoms. The highest BCUT2D eigenvalue weighted by Gasteiger charge is 2.22. The summed E-state index contributed by atoms with van der Waals surface area (Å²) in [7, 11) is 0. The zero-order valence-electron chi connectivity index (χ0n) is 17.9. The fraction of sp³-hybridized carbons (Fsp3) is 0.231. The lowest BCUT2D eigenvalue weighted by molar-refractivity contribution is 0.0910. The largest absolute Gasteiger partial charge is 0.355 e. The SMILES string of the molecule is O=C(NC1CCN(Cc2ccccc2)CC1)c1ccccc1Nc1ccc2[nH]ncc2c1. The summed E-state index contributed by atoms with van der Waals surface area (Å²) >= 11 is 0. The smallest absolute Gasteiger partial charge is 0.253 e. The van der Waals surface area contributed by atoms with E-state index in [-0.39, 0.29) is 11.9 Å². The molecule has 0 atom stereocenters. The van der Waals surface area contributed by atoms with Gasteiger partial charge in [0, 0.05) is 36.7 Å². The number of piperidine rings is 1. The van der Waals surface area contributed by atoms with Crippen LogP contribution in [-0.4, -0.2) is 40.1 Å². The maximum absolute atomic E-state index is 13.1. The Labute approximate surface area is 187 Å². The molecule has 1 aromatic heterocycles. The number of carbonyl (C=O) groups is 1. The number of likely N-dealkylation sites (tertiary alicyclic amines) is 1. The van der Waals surface area contributed by atoms with E-state index in [2.05, 4.69) is 50.0 Å². The molecule has 0 radical (unpaired) electrons. The number of H-pyrrole nitrogens is 1. The standard InChI is InChI=1S/C26H27N5O/c32-26(29-21-12-14-31(15-13-21)18-19-6-2-1-3-7-19)23-8-4-5-9-25(23)28-22-10-11-24-20(16-22)17-27-30-24/h1-11,16-17,21,28H,12-15,18H2,(H,27,30)(H,29,32). The van der Waals surface area contributed by atoms with Crippen molar-refractivity contribution in [3.8, 4) is 0 Å². The van der Waals surface area contributed by atoms with Crippen LogP contribution in [0.15, 0.2) is 79.0 Å². The van der Waals surface area contributed by atoms with Crippen molar-refractivity contribution in [3.05, 3.63) is 90.1 Å². The zero-order valence-corrected chi connectivity index (χ0v) is 17.9. The Kier molecular flexibility index (Phi) is 5.85. The van der Waals surface area contributed by atoms with Crippen molar-refractivity contribution in [1.29, 1.82) is 0 Å². The molecule has 1 amide bonds. The van der Waals surface area contributed by atoms with Crippen LogP contribution >= 0.6 is 0 Å². The Morgan fingerprint density at radius 1 is 1.00 bits per heavy atom. The molecule has 1 fully saturated rings. The monoisotopic (exact) mass is 425 g/mol. The highest BCUT2D eigenvalue weighted by Crippen LogP contribution is 2.24. The fourth-order valence-corrected chi connectivity index (χ4v) is 4.31. The Balaban J connectivity index is 1.21. The lowest BCUT2D eigenvalue weighted by Gasteiger charge is -2.32. The molecule has 0 saturated carbocycles. The molecule has 5 rings (SSSR count). The van der Waals surface area contributed by atoms with Crippen LogP contribution in [0.2, 0.25) is 0 Å². The lowest BCUT2D eigenvalue weighted by Crippen LogP contribution is -2.44. The van der Waals surface area contributed by atoms with E-state index in [9.17, 15) is 4.79 Å². The Hall–Kier alpha value is -3.64. The summed E-state index contributed by atoms with van der Waals surface area (Å²) in [5.74, 6) is -0.0287. The Bertz CT molecular complexity index is 1200. The molecular weight excluding hydrogens is 398 g/mol. The summed E-state index contributed by atoms with van der Waals surface area (Å²) in [5, 5.41) is 14.7. The first-order chi connectivity index (χ1) is 15.7. The van der Waals surface area contributed by atoms with E-state index in [1.807, 2.05) is 48.5 Å². The number of nitrogens with zero attached hydrogens (tertiary/aromatic N) is 2. The molecule has 32 heavy (non-hydrogen) atoms. The highest BCUT2D eigenvalue weighted by atomic mass is 16.1. The number of amides is 1. The molecule has 2 heterocycles. The predicted molar refractivity (Wildman–Crippen MR) is 128 cm³/mol. The van der Waals surface area contributed by atoms with Crippen molar-refractivity contribution in [1.82, 2.24) is 20.4 Å². The number of aromatic amines is 1. The van der Waals surface area contributed by atoms with Gasteiger partial charge in [0.15, 0.2) is 0 Å². The van der Waals surface area contributed by atoms with Crippen LogP contribution in [0.5, 0.6) is 0 Å². The highest BCUT2D eigenvalue weighted by molar-refractivity contribution is 6.00. The topological polar surface area (TPSA) is 73.1 Å². The van der Waals surface area contributed by atoms with Crippen LogP contribution in [0.4, 0.5) is 11.4 Å². The van der Waals surface area contributed by atoms with Crippen molar-refractivity contribution in [3.63, 3.8) is 0 Å². The van der Waals surface area contributed by atoms with E-state index in [0.29, 0.717) is 5.56 Å². The van der Waals surface area contributed by atoms with Crippen molar-refractivity contribution in [2.45, 2.75) is 25.4 Å². The van der Waals surface area contributed by atoms with Gasteiger partial charge in [-0.2, -0.15) is 5.10 Å². The molecule has 1 aliphatic rings. The second-order valence-electron chi connectivity index (χ2n) is 8.35. The summed E-state index contributed by atoms with van der Waals surface area (Å²) < 4.78 is 0. The van der Waals surface area contributed by atoms with Gasteiger partial charge < -0.3 is 10.6 Å². The van der Waals surface area contributed by atoms with Crippen molar-refractivity contribution < 1.29 is 4.79 Å². The minimum Gasteiger partial charge on any atom is -0.355 e. The number of benzene rings is 3. The first-order valence-electron chi connectivity index (χ1n) is 11.1. The van der Waals surface area contributed by atoms with Gasteiger partial charge in [-0.3, -0.25) is 14.8 Å². The van der Waals surface area contributed by atoms with Crippen LogP contribution in [0.25, 0.3) is 10.9 Å². The molecule has 162 valence electrons. The van der Waals surface area contributed by atoms with E-state index in [1.165, 1.54) is 5.56 Å². The van der Waals surface area contributed by atoms with Gasteiger partial charge in [0.25, 0.3) is 5.91 Å². The summed E-state index contributed by atoms with van der Waals surface area (Å²) in [6.45, 7) is 2.95. The van der Waals surface area contributed by atoms with Crippen LogP contribution in [0.3, 0.4) is 0 Å². The van der Waals surface area contributed by atoms with E-state index in [4.69, 9.17) is 0 Å². The Morgan fingerprint density at radius 2 is 1.78 bits per heavy atom. The molecule has 3 aromatic carbocycles. The fourth-order valence-electron chi connectivity index (χ4n) is 4.31. The second-order valence-corrected chi connectivity index (χ2v) is 8.35. The van der Waals surface area contributed by atoms with Crippen molar-refractivity contribution in [2.24, 2.45) is 0 Å². The lowest BCUT2D eigenvalue weighted by atomic mass is 10.0. The molecule has 0 aliphatic carbocycles. The predicted octanol–water partition coefficient (Wildman–Crippen LogP) is 4.70. The quantitative estimate of drug-likeness (QED) is 0.419. The van der Waals surface area contributed by atoms with Gasteiger partial charge in [-0.15, -0.1) is 0 Å². The number of carbonyl (C=O) groups excluding carboxylic acids is 1. The van der Waals surface area contributed by atoms with E-state index in [0.717, 1.165) is 54.8 Å². The maximum atomic E-state index is 13.1. The molecule has 0 unspecified atom stereocenters. The third kappa shape index (κ3) is 4.65. The molecule has 3 N–H and O–H groups in total. The number of nitrogens with one attached hydrogen (secondary N) is 3. The van der Waals surface area contributed by atoms with E-state index < -0.39 is 0 Å². The maximum Gasteiger partial charge on any atom is 0.253 e. The number of rotatable bonds is 6. The Morgan fingerprint density at radius 3 is 2.62 bits per heavy atom. The van der Waals surface area contributed by atoms with Crippen LogP contribution in [0.1, 0.15) is 28.8 Å². The number of aromatic nitrogens is 2. The number of anilines is 2. The third-order valence-corrected chi connectivity index (χ3v) is 6.06. The van der Waals surface area contributed by atoms with Gasteiger partial charge >= 0.3 is 0 Å². The first-order valence-corrected chi connectivity index (χ1v) is 11.1. The van der Waals surface area contributed by atoms with Gasteiger partial charge in [-0.25, -0.2) is 0 Å². The molecule has 4 aromatic rings. The number of hydrogen-bond donors (Lipinski definition) is 3. The molecular formula is C26H27N5O. The van der Waals surface area contributed by atoms with Crippen LogP contribution in [-0.2, 0) is 6.54 Å². The number of fused-ring (bicyclic) bond motifs is 1. The van der Waals surface area contributed by atoms with Crippen molar-refractivity contribution in [2.75, 3.05) is 18.4 Å². The first kappa shape index (κ1) is 20.3.